The molecule has 0 aliphatic rings. The minimum absolute atomic E-state index is 0.0310. The van der Waals surface area contributed by atoms with Crippen molar-refractivity contribution in [3.8, 4) is 0 Å². The topological polar surface area (TPSA) is 48.5 Å². The molecule has 0 saturated heterocycles. The van der Waals surface area contributed by atoms with Crippen molar-refractivity contribution < 1.29 is 0 Å². The Hall–Kier alpha value is -1.71. The van der Waals surface area contributed by atoms with Crippen LogP contribution in [0, 0.1) is 0 Å². The van der Waals surface area contributed by atoms with Crippen LogP contribution in [-0.4, -0.2) is 31.1 Å². The molecular formula is C16H28N4. The van der Waals surface area contributed by atoms with Crippen LogP contribution in [0.3, 0.4) is 0 Å². The maximum Gasteiger partial charge on any atom is 0.191 e. The van der Waals surface area contributed by atoms with Crippen molar-refractivity contribution in [1.82, 2.24) is 10.6 Å². The van der Waals surface area contributed by atoms with Gasteiger partial charge in [-0.05, 0) is 46.2 Å². The number of benzene rings is 1. The Balaban J connectivity index is 2.29. The third kappa shape index (κ3) is 7.67. The molecule has 1 rings (SSSR count). The minimum Gasteiger partial charge on any atom is -0.385 e. The summed E-state index contributed by atoms with van der Waals surface area (Å²) in [6.45, 7) is 11.1. The second kappa shape index (κ2) is 8.46. The highest BCUT2D eigenvalue weighted by Gasteiger charge is 2.11. The van der Waals surface area contributed by atoms with Crippen molar-refractivity contribution in [2.24, 2.45) is 4.99 Å². The summed E-state index contributed by atoms with van der Waals surface area (Å²) in [4.78, 5) is 4.58. The molecule has 20 heavy (non-hydrogen) atoms. The predicted octanol–water partition coefficient (Wildman–Crippen LogP) is 2.84. The lowest BCUT2D eigenvalue weighted by Gasteiger charge is -2.23. The van der Waals surface area contributed by atoms with Crippen molar-refractivity contribution in [3.05, 3.63) is 30.3 Å². The molecule has 4 nitrogen and oxygen atoms in total. The zero-order chi connectivity index (χ0) is 14.8. The Bertz CT molecular complexity index is 393. The van der Waals surface area contributed by atoms with Gasteiger partial charge in [-0.15, -0.1) is 0 Å². The van der Waals surface area contributed by atoms with E-state index in [1.807, 2.05) is 18.2 Å². The summed E-state index contributed by atoms with van der Waals surface area (Å²) in [6.07, 6.45) is 1.01. The third-order valence-electron chi connectivity index (χ3n) is 2.55. The first kappa shape index (κ1) is 16.3. The van der Waals surface area contributed by atoms with Gasteiger partial charge in [0, 0.05) is 30.9 Å². The second-order valence-corrected chi connectivity index (χ2v) is 5.78. The summed E-state index contributed by atoms with van der Waals surface area (Å²) in [5.41, 5.74) is 1.19. The average molecular weight is 276 g/mol. The number of hydrogen-bond acceptors (Lipinski definition) is 2. The lowest BCUT2D eigenvalue weighted by atomic mass is 10.1. The molecule has 1 aromatic carbocycles. The summed E-state index contributed by atoms with van der Waals surface area (Å²) in [6, 6.07) is 10.3. The Kier molecular flexibility index (Phi) is 6.91. The molecule has 0 aliphatic heterocycles. The summed E-state index contributed by atoms with van der Waals surface area (Å²) in [5, 5.41) is 10.0. The number of hydrogen-bond donors (Lipinski definition) is 3. The largest absolute Gasteiger partial charge is 0.385 e. The second-order valence-electron chi connectivity index (χ2n) is 5.78. The molecule has 0 atom stereocenters. The van der Waals surface area contributed by atoms with Gasteiger partial charge in [-0.25, -0.2) is 0 Å². The maximum absolute atomic E-state index is 4.58. The number of aliphatic imine (C=N–C) groups is 1. The zero-order valence-corrected chi connectivity index (χ0v) is 13.2. The molecule has 1 aromatic rings. The van der Waals surface area contributed by atoms with Gasteiger partial charge in [0.2, 0.25) is 0 Å². The highest BCUT2D eigenvalue weighted by atomic mass is 15.2. The fourth-order valence-electron chi connectivity index (χ4n) is 1.72. The number of guanidine groups is 1. The number of para-hydroxylation sites is 1. The fraction of sp³-hybridized carbons (Fsp3) is 0.562. The van der Waals surface area contributed by atoms with E-state index in [1.54, 1.807) is 0 Å². The van der Waals surface area contributed by atoms with Crippen LogP contribution in [0.4, 0.5) is 5.69 Å². The van der Waals surface area contributed by atoms with Crippen LogP contribution in [0.25, 0.3) is 0 Å². The number of nitrogens with one attached hydrogen (secondary N) is 3. The normalized spacial score (nSPS) is 12.1. The molecule has 0 heterocycles. The molecular weight excluding hydrogens is 248 g/mol. The first-order valence-corrected chi connectivity index (χ1v) is 7.36. The van der Waals surface area contributed by atoms with Gasteiger partial charge in [-0.3, -0.25) is 4.99 Å². The SMILES string of the molecule is CCNC(=NCCCNc1ccccc1)NC(C)(C)C. The van der Waals surface area contributed by atoms with E-state index in [9.17, 15) is 0 Å². The van der Waals surface area contributed by atoms with Gasteiger partial charge in [-0.1, -0.05) is 18.2 Å². The van der Waals surface area contributed by atoms with Crippen molar-refractivity contribution in [3.63, 3.8) is 0 Å². The van der Waals surface area contributed by atoms with Gasteiger partial charge in [0.15, 0.2) is 5.96 Å². The minimum atomic E-state index is 0.0310. The van der Waals surface area contributed by atoms with Crippen molar-refractivity contribution in [2.75, 3.05) is 25.0 Å². The molecule has 0 aliphatic carbocycles. The molecule has 0 unspecified atom stereocenters. The molecule has 0 saturated carbocycles. The van der Waals surface area contributed by atoms with E-state index in [0.29, 0.717) is 0 Å². The van der Waals surface area contributed by atoms with Gasteiger partial charge < -0.3 is 16.0 Å². The quantitative estimate of drug-likeness (QED) is 0.425. The van der Waals surface area contributed by atoms with Crippen molar-refractivity contribution >= 4 is 11.6 Å². The molecule has 0 bridgehead atoms. The van der Waals surface area contributed by atoms with Crippen LogP contribution in [0.5, 0.6) is 0 Å². The maximum atomic E-state index is 4.58. The summed E-state index contributed by atoms with van der Waals surface area (Å²) < 4.78 is 0. The molecule has 0 aromatic heterocycles. The van der Waals surface area contributed by atoms with Gasteiger partial charge >= 0.3 is 0 Å². The van der Waals surface area contributed by atoms with Crippen LogP contribution < -0.4 is 16.0 Å². The van der Waals surface area contributed by atoms with Gasteiger partial charge in [0.25, 0.3) is 0 Å². The summed E-state index contributed by atoms with van der Waals surface area (Å²) in [7, 11) is 0. The molecule has 4 heteroatoms. The fourth-order valence-corrected chi connectivity index (χ4v) is 1.72. The summed E-state index contributed by atoms with van der Waals surface area (Å²) >= 11 is 0. The van der Waals surface area contributed by atoms with Gasteiger partial charge in [-0.2, -0.15) is 0 Å². The van der Waals surface area contributed by atoms with E-state index in [-0.39, 0.29) is 5.54 Å². The van der Waals surface area contributed by atoms with Crippen LogP contribution in [0.2, 0.25) is 0 Å². The van der Waals surface area contributed by atoms with E-state index in [1.165, 1.54) is 0 Å². The number of rotatable bonds is 6. The van der Waals surface area contributed by atoms with E-state index in [2.05, 4.69) is 60.8 Å². The van der Waals surface area contributed by atoms with E-state index >= 15 is 0 Å². The Morgan fingerprint density at radius 1 is 1.15 bits per heavy atom. The van der Waals surface area contributed by atoms with Crippen LogP contribution >= 0.6 is 0 Å². The monoisotopic (exact) mass is 276 g/mol. The Labute approximate surface area is 123 Å². The van der Waals surface area contributed by atoms with E-state index in [4.69, 9.17) is 0 Å². The van der Waals surface area contributed by atoms with Crippen LogP contribution in [0.1, 0.15) is 34.1 Å². The Morgan fingerprint density at radius 2 is 1.85 bits per heavy atom. The number of anilines is 1. The van der Waals surface area contributed by atoms with Crippen molar-refractivity contribution in [2.45, 2.75) is 39.7 Å². The molecule has 0 amide bonds. The lowest BCUT2D eigenvalue weighted by molar-refractivity contribution is 0.501. The standard InChI is InChI=1S/C16H28N4/c1-5-17-15(20-16(2,3)4)19-13-9-12-18-14-10-7-6-8-11-14/h6-8,10-11,18H,5,9,12-13H2,1-4H3,(H2,17,19,20). The van der Waals surface area contributed by atoms with Crippen molar-refractivity contribution in [1.29, 1.82) is 0 Å². The van der Waals surface area contributed by atoms with Crippen LogP contribution in [0.15, 0.2) is 35.3 Å². The molecule has 0 fully saturated rings. The van der Waals surface area contributed by atoms with E-state index < -0.39 is 0 Å². The lowest BCUT2D eigenvalue weighted by Crippen LogP contribution is -2.47. The highest BCUT2D eigenvalue weighted by molar-refractivity contribution is 5.80. The van der Waals surface area contributed by atoms with Crippen LogP contribution in [-0.2, 0) is 0 Å². The Morgan fingerprint density at radius 3 is 2.45 bits per heavy atom. The first-order chi connectivity index (χ1) is 9.51. The van der Waals surface area contributed by atoms with Gasteiger partial charge in [0.05, 0.1) is 0 Å². The van der Waals surface area contributed by atoms with Gasteiger partial charge in [0.1, 0.15) is 0 Å². The first-order valence-electron chi connectivity index (χ1n) is 7.36. The molecule has 0 spiro atoms. The highest BCUT2D eigenvalue weighted by Crippen LogP contribution is 2.04. The predicted molar refractivity (Wildman–Crippen MR) is 88.4 cm³/mol. The molecule has 112 valence electrons. The molecule has 3 N–H and O–H groups in total. The summed E-state index contributed by atoms with van der Waals surface area (Å²) in [5.74, 6) is 0.889. The smallest absolute Gasteiger partial charge is 0.191 e. The third-order valence-corrected chi connectivity index (χ3v) is 2.55. The number of nitrogens with zero attached hydrogens (tertiary/aromatic N) is 1. The molecule has 0 radical (unpaired) electrons. The zero-order valence-electron chi connectivity index (χ0n) is 13.2. The average Bonchev–Trinajstić information content (AvgIpc) is 2.38. The van der Waals surface area contributed by atoms with E-state index in [0.717, 1.165) is 37.7 Å².